The lowest BCUT2D eigenvalue weighted by molar-refractivity contribution is -0.387. The summed E-state index contributed by atoms with van der Waals surface area (Å²) < 4.78 is 7.83. The number of hydrogen-bond acceptors (Lipinski definition) is 6. The summed E-state index contributed by atoms with van der Waals surface area (Å²) in [6, 6.07) is 23.2. The van der Waals surface area contributed by atoms with Crippen molar-refractivity contribution in [2.24, 2.45) is 0 Å². The number of benzene rings is 3. The Labute approximate surface area is 223 Å². The molecule has 9 heteroatoms. The molecule has 7 nitrogen and oxygen atoms in total. The molecule has 0 spiro atoms. The quantitative estimate of drug-likeness (QED) is 0.140. The lowest BCUT2D eigenvalue weighted by Gasteiger charge is -2.27. The summed E-state index contributed by atoms with van der Waals surface area (Å²) in [6.45, 7) is 1.80. The summed E-state index contributed by atoms with van der Waals surface area (Å²) in [5.74, 6) is -0.120. The Hall–Kier alpha value is -3.62. The van der Waals surface area contributed by atoms with E-state index >= 15 is 0 Å². The largest absolute Gasteiger partial charge is 0.405 e. The van der Waals surface area contributed by atoms with Gasteiger partial charge in [0.1, 0.15) is 0 Å². The molecule has 0 N–H and O–H groups in total. The van der Waals surface area contributed by atoms with Gasteiger partial charge in [0.15, 0.2) is 0 Å². The molecule has 0 amide bonds. The van der Waals surface area contributed by atoms with Crippen molar-refractivity contribution in [2.45, 2.75) is 47.8 Å². The molecule has 5 rings (SSSR count). The smallest absolute Gasteiger partial charge is 0.323 e. The monoisotopic (exact) mass is 533 g/mol. The minimum absolute atomic E-state index is 0.0231. The van der Waals surface area contributed by atoms with Crippen LogP contribution in [0.3, 0.4) is 0 Å². The number of nitro benzene ring substituents is 1. The number of halogens is 1. The summed E-state index contributed by atoms with van der Waals surface area (Å²) in [6.07, 6.45) is 3.15. The minimum atomic E-state index is -0.801. The number of nitro groups is 1. The zero-order valence-corrected chi connectivity index (χ0v) is 21.7. The van der Waals surface area contributed by atoms with Gasteiger partial charge in [0.2, 0.25) is 5.88 Å². The number of carbonyl (C=O) groups is 1. The Morgan fingerprint density at radius 1 is 1.03 bits per heavy atom. The molecule has 0 saturated heterocycles. The van der Waals surface area contributed by atoms with Crippen LogP contribution in [0.1, 0.15) is 36.9 Å². The fourth-order valence-corrected chi connectivity index (χ4v) is 5.93. The lowest BCUT2D eigenvalue weighted by atomic mass is 9.79. The molecule has 0 aliphatic heterocycles. The number of carbonyl (C=O) groups excluding carboxylic acids is 1. The van der Waals surface area contributed by atoms with Crippen molar-refractivity contribution in [1.82, 2.24) is 9.78 Å². The van der Waals surface area contributed by atoms with Gasteiger partial charge in [-0.15, -0.1) is 0 Å². The number of aromatic nitrogens is 2. The number of ether oxygens (including phenoxy) is 1. The first-order valence-corrected chi connectivity index (χ1v) is 13.1. The minimum Gasteiger partial charge on any atom is -0.405 e. The van der Waals surface area contributed by atoms with E-state index < -0.39 is 10.3 Å². The maximum Gasteiger partial charge on any atom is 0.323 e. The summed E-state index contributed by atoms with van der Waals surface area (Å²) in [5, 5.41) is 16.9. The van der Waals surface area contributed by atoms with E-state index in [4.69, 9.17) is 16.3 Å². The van der Waals surface area contributed by atoms with Gasteiger partial charge in [-0.05, 0) is 55.7 Å². The zero-order chi connectivity index (χ0) is 26.0. The third-order valence-corrected chi connectivity index (χ3v) is 8.17. The second-order valence-electron chi connectivity index (χ2n) is 8.98. The van der Waals surface area contributed by atoms with Gasteiger partial charge in [0.25, 0.3) is 5.69 Å². The fourth-order valence-electron chi connectivity index (χ4n) is 4.79. The highest BCUT2D eigenvalue weighted by Gasteiger charge is 2.45. The molecule has 0 radical (unpaired) electrons. The number of aryl methyl sites for hydroxylation is 1. The average Bonchev–Trinajstić information content (AvgIpc) is 3.52. The van der Waals surface area contributed by atoms with Crippen LogP contribution in [0.15, 0.2) is 88.7 Å². The van der Waals surface area contributed by atoms with Crippen LogP contribution in [0.4, 0.5) is 5.69 Å². The first-order chi connectivity index (χ1) is 17.9. The van der Waals surface area contributed by atoms with Gasteiger partial charge in [-0.25, -0.2) is 0 Å². The van der Waals surface area contributed by atoms with E-state index in [1.54, 1.807) is 41.9 Å². The Morgan fingerprint density at radius 2 is 1.68 bits per heavy atom. The van der Waals surface area contributed by atoms with Gasteiger partial charge < -0.3 is 4.74 Å². The van der Waals surface area contributed by atoms with Gasteiger partial charge in [0.05, 0.1) is 31.5 Å². The normalized spacial score (nSPS) is 14.4. The van der Waals surface area contributed by atoms with Crippen molar-refractivity contribution in [1.29, 1.82) is 0 Å². The Morgan fingerprint density at radius 3 is 2.35 bits per heavy atom. The van der Waals surface area contributed by atoms with Crippen molar-refractivity contribution in [2.75, 3.05) is 0 Å². The van der Waals surface area contributed by atoms with Crippen molar-refractivity contribution < 1.29 is 14.5 Å². The molecule has 1 aliphatic carbocycles. The molecule has 1 aliphatic rings. The number of hydrogen-bond donors (Lipinski definition) is 0. The van der Waals surface area contributed by atoms with Crippen LogP contribution in [0.2, 0.25) is 5.02 Å². The topological polar surface area (TPSA) is 87.3 Å². The molecule has 0 atom stereocenters. The predicted octanol–water partition coefficient (Wildman–Crippen LogP) is 7.31. The number of rotatable bonds is 7. The maximum absolute atomic E-state index is 14.0. The van der Waals surface area contributed by atoms with Gasteiger partial charge in [0, 0.05) is 11.1 Å². The highest BCUT2D eigenvalue weighted by Crippen LogP contribution is 2.46. The van der Waals surface area contributed by atoms with E-state index in [0.29, 0.717) is 33.3 Å². The van der Waals surface area contributed by atoms with Crippen LogP contribution in [-0.2, 0) is 10.2 Å². The first kappa shape index (κ1) is 25.0. The standard InChI is InChI=1S/C28H24ClN3O4S/c1-19-25(37-24-12-6-5-11-23(24)32(34)35)26(31(30-19)22-9-3-2-4-10-22)36-27(33)28(17-7-8-18-28)20-13-15-21(29)16-14-20/h2-6,9-16H,7-8,17-18H2,1H3. The zero-order valence-electron chi connectivity index (χ0n) is 20.1. The van der Waals surface area contributed by atoms with Crippen LogP contribution in [0.25, 0.3) is 5.69 Å². The molecule has 1 saturated carbocycles. The fraction of sp³-hybridized carbons (Fsp3) is 0.214. The highest BCUT2D eigenvalue weighted by atomic mass is 35.5. The molecule has 0 unspecified atom stereocenters. The van der Waals surface area contributed by atoms with Gasteiger partial charge >= 0.3 is 5.97 Å². The van der Waals surface area contributed by atoms with E-state index in [1.807, 2.05) is 42.5 Å². The van der Waals surface area contributed by atoms with Crippen molar-refractivity contribution >= 4 is 35.0 Å². The van der Waals surface area contributed by atoms with Crippen LogP contribution in [0.5, 0.6) is 5.88 Å². The second kappa shape index (κ2) is 10.4. The number of nitrogens with zero attached hydrogens (tertiary/aromatic N) is 3. The van der Waals surface area contributed by atoms with E-state index in [1.165, 1.54) is 17.8 Å². The second-order valence-corrected chi connectivity index (χ2v) is 10.5. The van der Waals surface area contributed by atoms with E-state index in [2.05, 4.69) is 5.10 Å². The molecular weight excluding hydrogens is 510 g/mol. The molecule has 37 heavy (non-hydrogen) atoms. The summed E-state index contributed by atoms with van der Waals surface area (Å²) in [5.41, 5.74) is 1.36. The van der Waals surface area contributed by atoms with Crippen molar-refractivity contribution in [3.05, 3.63) is 105 Å². The molecule has 1 heterocycles. The van der Waals surface area contributed by atoms with Crippen LogP contribution < -0.4 is 4.74 Å². The third-order valence-electron chi connectivity index (χ3n) is 6.67. The number of para-hydroxylation sites is 2. The van der Waals surface area contributed by atoms with E-state index in [-0.39, 0.29) is 17.5 Å². The van der Waals surface area contributed by atoms with E-state index in [9.17, 15) is 14.9 Å². The Bertz CT molecular complexity index is 1450. The molecule has 0 bridgehead atoms. The lowest BCUT2D eigenvalue weighted by Crippen LogP contribution is -2.37. The molecule has 1 fully saturated rings. The van der Waals surface area contributed by atoms with Crippen molar-refractivity contribution in [3.8, 4) is 11.6 Å². The molecule has 4 aromatic rings. The van der Waals surface area contributed by atoms with Gasteiger partial charge in [-0.2, -0.15) is 9.78 Å². The highest BCUT2D eigenvalue weighted by molar-refractivity contribution is 7.99. The van der Waals surface area contributed by atoms with E-state index in [0.717, 1.165) is 24.1 Å². The Balaban J connectivity index is 1.60. The Kier molecular flexibility index (Phi) is 7.04. The van der Waals surface area contributed by atoms with Crippen LogP contribution in [0, 0.1) is 17.0 Å². The van der Waals surface area contributed by atoms with Gasteiger partial charge in [-0.3, -0.25) is 14.9 Å². The summed E-state index contributed by atoms with van der Waals surface area (Å²) in [7, 11) is 0. The summed E-state index contributed by atoms with van der Waals surface area (Å²) >= 11 is 7.29. The summed E-state index contributed by atoms with van der Waals surface area (Å²) in [4.78, 5) is 26.2. The van der Waals surface area contributed by atoms with Crippen LogP contribution >= 0.6 is 23.4 Å². The van der Waals surface area contributed by atoms with Crippen molar-refractivity contribution in [3.63, 3.8) is 0 Å². The van der Waals surface area contributed by atoms with Crippen LogP contribution in [-0.4, -0.2) is 20.7 Å². The number of esters is 1. The molecular formula is C28H24ClN3O4S. The van der Waals surface area contributed by atoms with Gasteiger partial charge in [-0.1, -0.05) is 78.7 Å². The molecule has 188 valence electrons. The predicted molar refractivity (Wildman–Crippen MR) is 143 cm³/mol. The maximum atomic E-state index is 14.0. The molecule has 1 aromatic heterocycles. The molecule has 3 aromatic carbocycles. The average molecular weight is 534 g/mol. The third kappa shape index (κ3) is 4.86. The SMILES string of the molecule is Cc1nn(-c2ccccc2)c(OC(=O)C2(c3ccc(Cl)cc3)CCCC2)c1Sc1ccccc1[N+](=O)[O-]. The first-order valence-electron chi connectivity index (χ1n) is 11.9.